The van der Waals surface area contributed by atoms with Crippen LogP contribution in [0.25, 0.3) is 0 Å². The van der Waals surface area contributed by atoms with Crippen LogP contribution in [0.1, 0.15) is 47.5 Å². The molecule has 1 amide bonds. The Labute approximate surface area is 132 Å². The van der Waals surface area contributed by atoms with E-state index in [-0.39, 0.29) is 18.8 Å². The zero-order valence-corrected chi connectivity index (χ0v) is 14.5. The minimum Gasteiger partial charge on any atom is -0.458 e. The minimum atomic E-state index is -1.89. The second-order valence-corrected chi connectivity index (χ2v) is 7.35. The Hall–Kier alpha value is -1.17. The summed E-state index contributed by atoms with van der Waals surface area (Å²) in [6.45, 7) is 9.90. The number of hydrogen-bond donors (Lipinski definition) is 1. The van der Waals surface area contributed by atoms with Crippen molar-refractivity contribution in [3.63, 3.8) is 0 Å². The predicted molar refractivity (Wildman–Crippen MR) is 83.2 cm³/mol. The molecule has 1 fully saturated rings. The van der Waals surface area contributed by atoms with E-state index in [2.05, 4.69) is 5.32 Å². The quantitative estimate of drug-likeness (QED) is 0.805. The lowest BCUT2D eigenvalue weighted by Crippen LogP contribution is -2.56. The van der Waals surface area contributed by atoms with Gasteiger partial charge in [0.15, 0.2) is 5.67 Å². The highest BCUT2D eigenvalue weighted by Gasteiger charge is 2.45. The smallest absolute Gasteiger partial charge is 0.329 e. The number of nitrogens with zero attached hydrogens (tertiary/aromatic N) is 1. The van der Waals surface area contributed by atoms with E-state index in [1.807, 2.05) is 13.8 Å². The first-order chi connectivity index (χ1) is 9.98. The molecule has 1 N–H and O–H groups in total. The van der Waals surface area contributed by atoms with Crippen molar-refractivity contribution in [3.8, 4) is 0 Å². The number of amides is 1. The van der Waals surface area contributed by atoms with Gasteiger partial charge in [0.05, 0.1) is 0 Å². The number of piperidine rings is 1. The molecule has 0 spiro atoms. The Morgan fingerprint density at radius 2 is 1.73 bits per heavy atom. The summed E-state index contributed by atoms with van der Waals surface area (Å²) in [5, 5.41) is 3.04. The molecule has 1 heterocycles. The van der Waals surface area contributed by atoms with Crippen LogP contribution in [0.3, 0.4) is 0 Å². The minimum absolute atomic E-state index is 0.134. The number of ether oxygens (including phenoxy) is 1. The van der Waals surface area contributed by atoms with Crippen LogP contribution < -0.4 is 5.32 Å². The number of carbonyl (C=O) groups is 2. The summed E-state index contributed by atoms with van der Waals surface area (Å²) >= 11 is 0. The maximum atomic E-state index is 14.9. The Balaban J connectivity index is 2.91. The van der Waals surface area contributed by atoms with Crippen LogP contribution in [0.15, 0.2) is 0 Å². The average Bonchev–Trinajstić information content (AvgIpc) is 2.36. The first-order valence-electron chi connectivity index (χ1n) is 7.88. The normalized spacial score (nSPS) is 19.6. The fraction of sp³-hybridized carbons (Fsp3) is 0.875. The molecule has 22 heavy (non-hydrogen) atoms. The van der Waals surface area contributed by atoms with Crippen LogP contribution >= 0.6 is 0 Å². The van der Waals surface area contributed by atoms with E-state index >= 15 is 0 Å². The van der Waals surface area contributed by atoms with E-state index in [0.29, 0.717) is 13.1 Å². The summed E-state index contributed by atoms with van der Waals surface area (Å²) in [6.07, 6.45) is 0.268. The molecule has 1 aliphatic heterocycles. The SMILES string of the molecule is CC(C)[C@@H](C(=O)OC(C)(C)C)N(C)C(=O)C1(F)CCNCC1. The number of hydrogen-bond acceptors (Lipinski definition) is 4. The van der Waals surface area contributed by atoms with Crippen molar-refractivity contribution >= 4 is 11.9 Å². The molecule has 0 bridgehead atoms. The van der Waals surface area contributed by atoms with Gasteiger partial charge in [0, 0.05) is 19.9 Å². The third-order valence-corrected chi connectivity index (χ3v) is 3.80. The third-order valence-electron chi connectivity index (χ3n) is 3.80. The monoisotopic (exact) mass is 316 g/mol. The highest BCUT2D eigenvalue weighted by atomic mass is 19.1. The van der Waals surface area contributed by atoms with Crippen molar-refractivity contribution in [2.75, 3.05) is 20.1 Å². The summed E-state index contributed by atoms with van der Waals surface area (Å²) in [4.78, 5) is 26.2. The van der Waals surface area contributed by atoms with Gasteiger partial charge in [-0.2, -0.15) is 0 Å². The molecule has 0 aliphatic carbocycles. The highest BCUT2D eigenvalue weighted by Crippen LogP contribution is 2.28. The van der Waals surface area contributed by atoms with E-state index in [4.69, 9.17) is 4.74 Å². The zero-order chi connectivity index (χ0) is 17.1. The second-order valence-electron chi connectivity index (χ2n) is 7.35. The van der Waals surface area contributed by atoms with Gasteiger partial charge in [-0.3, -0.25) is 4.79 Å². The highest BCUT2D eigenvalue weighted by molar-refractivity contribution is 5.90. The standard InChI is InChI=1S/C16H29FN2O3/c1-11(2)12(13(20)22-15(3,4)5)19(6)14(21)16(17)7-9-18-10-8-16/h11-12,18H,7-10H2,1-6H3/t12-/m0/s1. The van der Waals surface area contributed by atoms with Gasteiger partial charge in [0.25, 0.3) is 5.91 Å². The molecule has 1 saturated heterocycles. The van der Waals surface area contributed by atoms with Gasteiger partial charge >= 0.3 is 5.97 Å². The van der Waals surface area contributed by atoms with E-state index < -0.39 is 29.2 Å². The van der Waals surface area contributed by atoms with Crippen molar-refractivity contribution in [3.05, 3.63) is 0 Å². The fourth-order valence-electron chi connectivity index (χ4n) is 2.72. The summed E-state index contributed by atoms with van der Waals surface area (Å²) < 4.78 is 20.2. The molecular formula is C16H29FN2O3. The number of halogens is 1. The van der Waals surface area contributed by atoms with Crippen LogP contribution in [0.4, 0.5) is 4.39 Å². The predicted octanol–water partition coefficient (Wildman–Crippen LogP) is 1.90. The molecule has 0 radical (unpaired) electrons. The first kappa shape index (κ1) is 18.9. The number of esters is 1. The number of rotatable bonds is 4. The van der Waals surface area contributed by atoms with Crippen molar-refractivity contribution < 1.29 is 18.7 Å². The van der Waals surface area contributed by atoms with Crippen LogP contribution in [0.5, 0.6) is 0 Å². The van der Waals surface area contributed by atoms with Crippen LogP contribution in [-0.2, 0) is 14.3 Å². The van der Waals surface area contributed by atoms with E-state index in [0.717, 1.165) is 0 Å². The molecule has 5 nitrogen and oxygen atoms in total. The van der Waals surface area contributed by atoms with Gasteiger partial charge in [0.2, 0.25) is 0 Å². The summed E-state index contributed by atoms with van der Waals surface area (Å²) in [5.41, 5.74) is -2.54. The van der Waals surface area contributed by atoms with Gasteiger partial charge in [-0.05, 0) is 39.8 Å². The van der Waals surface area contributed by atoms with Gasteiger partial charge in [-0.1, -0.05) is 13.8 Å². The average molecular weight is 316 g/mol. The molecule has 0 unspecified atom stereocenters. The van der Waals surface area contributed by atoms with Gasteiger partial charge in [0.1, 0.15) is 11.6 Å². The molecule has 0 saturated carbocycles. The second kappa shape index (κ2) is 6.94. The molecule has 1 atom stereocenters. The third kappa shape index (κ3) is 4.66. The van der Waals surface area contributed by atoms with E-state index in [1.165, 1.54) is 11.9 Å². The molecule has 128 valence electrons. The zero-order valence-electron chi connectivity index (χ0n) is 14.5. The molecule has 0 aromatic rings. The fourth-order valence-corrected chi connectivity index (χ4v) is 2.72. The van der Waals surface area contributed by atoms with Crippen molar-refractivity contribution in [1.82, 2.24) is 10.2 Å². The van der Waals surface area contributed by atoms with Crippen molar-refractivity contribution in [1.29, 1.82) is 0 Å². The van der Waals surface area contributed by atoms with Crippen molar-refractivity contribution in [2.24, 2.45) is 5.92 Å². The van der Waals surface area contributed by atoms with Crippen LogP contribution in [0.2, 0.25) is 0 Å². The largest absolute Gasteiger partial charge is 0.458 e. The maximum Gasteiger partial charge on any atom is 0.329 e. The molecule has 1 aliphatic rings. The molecule has 1 rings (SSSR count). The lowest BCUT2D eigenvalue weighted by atomic mass is 9.91. The molecule has 0 aromatic carbocycles. The van der Waals surface area contributed by atoms with Gasteiger partial charge in [-0.15, -0.1) is 0 Å². The Kier molecular flexibility index (Phi) is 5.96. The lowest BCUT2D eigenvalue weighted by molar-refractivity contribution is -0.169. The summed E-state index contributed by atoms with van der Waals surface area (Å²) in [7, 11) is 1.49. The van der Waals surface area contributed by atoms with Crippen LogP contribution in [0, 0.1) is 5.92 Å². The molecule has 0 aromatic heterocycles. The van der Waals surface area contributed by atoms with E-state index in [9.17, 15) is 14.0 Å². The van der Waals surface area contributed by atoms with Gasteiger partial charge in [-0.25, -0.2) is 9.18 Å². The summed E-state index contributed by atoms with van der Waals surface area (Å²) in [6, 6.07) is -0.783. The maximum absolute atomic E-state index is 14.9. The Morgan fingerprint density at radius 1 is 1.23 bits per heavy atom. The lowest BCUT2D eigenvalue weighted by Gasteiger charge is -2.37. The number of carbonyl (C=O) groups excluding carboxylic acids is 2. The Bertz CT molecular complexity index is 412. The molecule has 6 heteroatoms. The summed E-state index contributed by atoms with van der Waals surface area (Å²) in [5.74, 6) is -1.27. The number of alkyl halides is 1. The van der Waals surface area contributed by atoms with Gasteiger partial charge < -0.3 is 15.0 Å². The van der Waals surface area contributed by atoms with Crippen LogP contribution in [-0.4, -0.2) is 54.2 Å². The number of nitrogens with one attached hydrogen (secondary N) is 1. The topological polar surface area (TPSA) is 58.6 Å². The molecular weight excluding hydrogens is 287 g/mol. The van der Waals surface area contributed by atoms with Crippen molar-refractivity contribution in [2.45, 2.75) is 64.8 Å². The van der Waals surface area contributed by atoms with E-state index in [1.54, 1.807) is 20.8 Å². The first-order valence-corrected chi connectivity index (χ1v) is 7.88. The Morgan fingerprint density at radius 3 is 2.14 bits per heavy atom. The number of likely N-dealkylation sites (N-methyl/N-ethyl adjacent to an activating group) is 1.